The molecule has 0 spiro atoms. The average Bonchev–Trinajstić information content (AvgIpc) is 3.06. The van der Waals surface area contributed by atoms with Gasteiger partial charge >= 0.3 is 19.5 Å². The summed E-state index contributed by atoms with van der Waals surface area (Å²) < 4.78 is 0. The maximum absolute atomic E-state index is 2.28. The van der Waals surface area contributed by atoms with E-state index in [1.165, 1.54) is 22.3 Å². The quantitative estimate of drug-likeness (QED) is 0.279. The van der Waals surface area contributed by atoms with E-state index < -0.39 is 0 Å². The summed E-state index contributed by atoms with van der Waals surface area (Å²) in [5.74, 6) is 0. The second kappa shape index (κ2) is 8.77. The molecule has 0 aliphatic carbocycles. The summed E-state index contributed by atoms with van der Waals surface area (Å²) in [5.41, 5.74) is 7.02. The fourth-order valence-electron chi connectivity index (χ4n) is 3.46. The summed E-state index contributed by atoms with van der Waals surface area (Å²) in [6.45, 7) is 27.3. The van der Waals surface area contributed by atoms with Crippen LogP contribution >= 0.6 is 0 Å². The molecule has 0 saturated carbocycles. The molecule has 0 atom stereocenters. The average molecular weight is 456 g/mol. The minimum absolute atomic E-state index is 0. The predicted molar refractivity (Wildman–Crippen MR) is 119 cm³/mol. The molecule has 0 heterocycles. The second-order valence-electron chi connectivity index (χ2n) is 11.7. The zero-order valence-electron chi connectivity index (χ0n) is 19.8. The summed E-state index contributed by atoms with van der Waals surface area (Å²) in [6.07, 6.45) is 0. The number of hydrogen-bond donors (Lipinski definition) is 0. The van der Waals surface area contributed by atoms with Gasteiger partial charge in [-0.25, -0.2) is 24.3 Å². The molecule has 154 valence electrons. The summed E-state index contributed by atoms with van der Waals surface area (Å²) in [7, 11) is 0. The molecular weight excluding hydrogens is 413 g/mol. The molecule has 0 nitrogen and oxygen atoms in total. The van der Waals surface area contributed by atoms with Gasteiger partial charge in [-0.05, 0) is 10.8 Å². The first-order valence-electron chi connectivity index (χ1n) is 9.99. The van der Waals surface area contributed by atoms with Gasteiger partial charge in [0.2, 0.25) is 0 Å². The molecule has 2 aromatic rings. The maximum atomic E-state index is 2.28. The van der Waals surface area contributed by atoms with E-state index in [-0.39, 0.29) is 41.1 Å². The largest absolute Gasteiger partial charge is 2.00 e. The van der Waals surface area contributed by atoms with Crippen LogP contribution in [0, 0.1) is 0 Å². The third-order valence-electron chi connectivity index (χ3n) is 4.86. The first-order chi connectivity index (χ1) is 11.5. The summed E-state index contributed by atoms with van der Waals surface area (Å²) >= 11 is 0. The molecule has 2 aromatic carbocycles. The Labute approximate surface area is 182 Å². The Balaban J connectivity index is 0.000000483. The maximum Gasteiger partial charge on any atom is 2.00 e. The van der Waals surface area contributed by atoms with Crippen molar-refractivity contribution < 1.29 is 19.5 Å². The van der Waals surface area contributed by atoms with Crippen molar-refractivity contribution in [2.45, 2.75) is 105 Å². The van der Waals surface area contributed by atoms with E-state index in [0.717, 1.165) is 0 Å². The summed E-state index contributed by atoms with van der Waals surface area (Å²) in [6, 6.07) is 13.3. The predicted octanol–water partition coefficient (Wildman–Crippen LogP) is 8.00. The van der Waals surface area contributed by atoms with Crippen LogP contribution < -0.4 is 0 Å². The fourth-order valence-corrected chi connectivity index (χ4v) is 3.46. The van der Waals surface area contributed by atoms with Gasteiger partial charge in [0.25, 0.3) is 0 Å². The minimum Gasteiger partial charge on any atom is -0.213 e. The van der Waals surface area contributed by atoms with Crippen molar-refractivity contribution in [3.63, 3.8) is 0 Å². The Kier molecular flexibility index (Phi) is 8.55. The second-order valence-corrected chi connectivity index (χ2v) is 11.7. The van der Waals surface area contributed by atoms with E-state index in [1.807, 2.05) is 0 Å². The SMILES string of the molecule is CC(C)(C)c1ccc[c-]1C(C)(C)C.CC(C)(C)c1ccc[c-]1C(C)(C)C.[Ru+2]. The van der Waals surface area contributed by atoms with E-state index in [2.05, 4.69) is 119 Å². The molecule has 0 fully saturated rings. The molecule has 0 amide bonds. The topological polar surface area (TPSA) is 0 Å². The van der Waals surface area contributed by atoms with Crippen LogP contribution in [0.1, 0.15) is 105 Å². The van der Waals surface area contributed by atoms with Gasteiger partial charge in [-0.3, -0.25) is 0 Å². The van der Waals surface area contributed by atoms with Crippen molar-refractivity contribution in [3.8, 4) is 0 Å². The van der Waals surface area contributed by atoms with Crippen molar-refractivity contribution in [2.75, 3.05) is 0 Å². The Morgan fingerprint density at radius 2 is 0.778 bits per heavy atom. The van der Waals surface area contributed by atoms with E-state index in [4.69, 9.17) is 0 Å². The van der Waals surface area contributed by atoms with Crippen molar-refractivity contribution in [1.29, 1.82) is 0 Å². The monoisotopic (exact) mass is 456 g/mol. The van der Waals surface area contributed by atoms with E-state index in [1.54, 1.807) is 0 Å². The van der Waals surface area contributed by atoms with Crippen LogP contribution in [0.4, 0.5) is 0 Å². The standard InChI is InChI=1S/2C13H21.Ru/c2*1-12(2,3)10-8-7-9-11(10)13(4,5)6;/h2*7-9H,1-6H3;/q2*-1;+2. The molecule has 0 aliphatic rings. The van der Waals surface area contributed by atoms with E-state index in [0.29, 0.717) is 0 Å². The molecule has 0 aromatic heterocycles. The van der Waals surface area contributed by atoms with Crippen molar-refractivity contribution in [2.24, 2.45) is 0 Å². The van der Waals surface area contributed by atoms with Crippen molar-refractivity contribution in [3.05, 3.63) is 58.7 Å². The minimum atomic E-state index is 0. The Morgan fingerprint density at radius 3 is 0.926 bits per heavy atom. The molecule has 2 rings (SSSR count). The van der Waals surface area contributed by atoms with Gasteiger partial charge in [-0.1, -0.05) is 93.9 Å². The van der Waals surface area contributed by atoms with Gasteiger partial charge in [-0.15, -0.1) is 11.1 Å². The van der Waals surface area contributed by atoms with Gasteiger partial charge in [0.15, 0.2) is 0 Å². The van der Waals surface area contributed by atoms with Crippen molar-refractivity contribution >= 4 is 0 Å². The zero-order chi connectivity index (χ0) is 20.6. The number of hydrogen-bond acceptors (Lipinski definition) is 0. The molecule has 0 unspecified atom stereocenters. The molecular formula is C26H42Ru. The Hall–Kier alpha value is -0.677. The van der Waals surface area contributed by atoms with Crippen molar-refractivity contribution in [1.82, 2.24) is 0 Å². The van der Waals surface area contributed by atoms with E-state index in [9.17, 15) is 0 Å². The van der Waals surface area contributed by atoms with Crippen LogP contribution in [0.2, 0.25) is 0 Å². The molecule has 0 radical (unpaired) electrons. The fraction of sp³-hybridized carbons (Fsp3) is 0.615. The van der Waals surface area contributed by atoms with Crippen LogP contribution in [0.3, 0.4) is 0 Å². The van der Waals surface area contributed by atoms with Gasteiger partial charge in [-0.2, -0.15) is 23.3 Å². The number of rotatable bonds is 0. The van der Waals surface area contributed by atoms with Gasteiger partial charge in [0, 0.05) is 0 Å². The van der Waals surface area contributed by atoms with Gasteiger partial charge in [0.1, 0.15) is 0 Å². The normalized spacial score (nSPS) is 12.9. The van der Waals surface area contributed by atoms with Gasteiger partial charge in [0.05, 0.1) is 0 Å². The van der Waals surface area contributed by atoms with E-state index >= 15 is 0 Å². The molecule has 1 heteroatoms. The summed E-state index contributed by atoms with van der Waals surface area (Å²) in [4.78, 5) is 0. The van der Waals surface area contributed by atoms with Crippen LogP contribution in [-0.4, -0.2) is 0 Å². The smallest absolute Gasteiger partial charge is 0.213 e. The van der Waals surface area contributed by atoms with Crippen LogP contribution in [0.15, 0.2) is 36.4 Å². The summed E-state index contributed by atoms with van der Waals surface area (Å²) in [5, 5.41) is 0. The Bertz CT molecular complexity index is 563. The molecule has 0 saturated heterocycles. The molecule has 0 aliphatic heterocycles. The first-order valence-corrected chi connectivity index (χ1v) is 9.99. The Morgan fingerprint density at radius 1 is 0.519 bits per heavy atom. The third-order valence-corrected chi connectivity index (χ3v) is 4.86. The van der Waals surface area contributed by atoms with Crippen LogP contribution in [0.5, 0.6) is 0 Å². The molecule has 0 bridgehead atoms. The zero-order valence-corrected chi connectivity index (χ0v) is 21.6. The van der Waals surface area contributed by atoms with Crippen LogP contribution in [0.25, 0.3) is 0 Å². The molecule has 0 N–H and O–H groups in total. The van der Waals surface area contributed by atoms with Gasteiger partial charge < -0.3 is 0 Å². The van der Waals surface area contributed by atoms with Crippen LogP contribution in [-0.2, 0) is 41.1 Å². The first kappa shape index (κ1) is 26.3. The molecule has 27 heavy (non-hydrogen) atoms. The third kappa shape index (κ3) is 7.34.